The molecule has 3 aliphatic rings. The highest BCUT2D eigenvalue weighted by Crippen LogP contribution is 2.62. The highest BCUT2D eigenvalue weighted by atomic mass is 15.2. The highest BCUT2D eigenvalue weighted by Gasteiger charge is 2.54. The van der Waals surface area contributed by atoms with Crippen LogP contribution >= 0.6 is 0 Å². The highest BCUT2D eigenvalue weighted by molar-refractivity contribution is 5.19. The minimum absolute atomic E-state index is 0.653. The van der Waals surface area contributed by atoms with Crippen LogP contribution in [0.15, 0.2) is 48.4 Å². The van der Waals surface area contributed by atoms with Crippen LogP contribution in [0, 0.1) is 17.3 Å². The monoisotopic (exact) mass is 515 g/mol. The maximum absolute atomic E-state index is 4.29. The van der Waals surface area contributed by atoms with Crippen LogP contribution < -0.4 is 5.32 Å². The average molecular weight is 515 g/mol. The van der Waals surface area contributed by atoms with Crippen molar-refractivity contribution in [3.05, 3.63) is 48.4 Å². The Kier molecular flexibility index (Phi) is 20.7. The van der Waals surface area contributed by atoms with Crippen LogP contribution in [-0.2, 0) is 0 Å². The van der Waals surface area contributed by atoms with Gasteiger partial charge in [0.1, 0.15) is 0 Å². The van der Waals surface area contributed by atoms with Crippen LogP contribution in [0.5, 0.6) is 0 Å². The summed E-state index contributed by atoms with van der Waals surface area (Å²) in [5.74, 6) is 2.78. The Labute approximate surface area is 234 Å². The quantitative estimate of drug-likeness (QED) is 0.218. The molecule has 2 aliphatic carbocycles. The number of allylic oxidation sites excluding steroid dienone is 4. The first kappa shape index (κ1) is 35.6. The largest absolute Gasteiger partial charge is 0.372 e. The fourth-order valence-corrected chi connectivity index (χ4v) is 5.36. The standard InChI is InChI=1S/C23H36N2.C6H14.C4H10.C2H6/c1-5-7-8-20-11-14-25(17-20)19(4)24-16-22-15-23(22)12-9-21(10-13-23)18(3)6-2;1-3-5-6-4-2;1-3-4-2;1-2/h5,7-8,21-22,24H,3-4,6,9-17H2,1-2H3;3-6H2,1-2H3;3-4H2,1-2H3;1-2H3/b7-5-,20-8+;;;. The van der Waals surface area contributed by atoms with Crippen molar-refractivity contribution in [1.29, 1.82) is 0 Å². The van der Waals surface area contributed by atoms with Gasteiger partial charge in [-0.1, -0.05) is 124 Å². The third-order valence-electron chi connectivity index (χ3n) is 8.38. The molecule has 1 spiro atoms. The summed E-state index contributed by atoms with van der Waals surface area (Å²) in [5, 5.41) is 3.65. The van der Waals surface area contributed by atoms with Crippen molar-refractivity contribution >= 4 is 0 Å². The lowest BCUT2D eigenvalue weighted by Gasteiger charge is -2.31. The third-order valence-corrected chi connectivity index (χ3v) is 8.38. The maximum atomic E-state index is 4.29. The first-order chi connectivity index (χ1) is 17.9. The van der Waals surface area contributed by atoms with E-state index in [1.807, 2.05) is 13.8 Å². The number of nitrogens with zero attached hydrogens (tertiary/aromatic N) is 1. The van der Waals surface area contributed by atoms with Crippen LogP contribution in [0.25, 0.3) is 0 Å². The zero-order valence-electron chi connectivity index (χ0n) is 26.6. The van der Waals surface area contributed by atoms with E-state index in [9.17, 15) is 0 Å². The van der Waals surface area contributed by atoms with Gasteiger partial charge in [-0.2, -0.15) is 0 Å². The second kappa shape index (κ2) is 21.5. The summed E-state index contributed by atoms with van der Waals surface area (Å²) in [4.78, 5) is 2.40. The molecular formula is C35H66N2. The average Bonchev–Trinajstić information content (AvgIpc) is 3.38. The Balaban J connectivity index is 0.000000911. The Hall–Kier alpha value is -1.44. The molecule has 1 N–H and O–H groups in total. The fraction of sp³-hybridized carbons (Fsp3) is 0.771. The van der Waals surface area contributed by atoms with Gasteiger partial charge in [-0.3, -0.25) is 0 Å². The van der Waals surface area contributed by atoms with E-state index in [0.29, 0.717) is 5.41 Å². The minimum atomic E-state index is 0.653. The molecule has 0 aromatic heterocycles. The second-order valence-corrected chi connectivity index (χ2v) is 11.1. The van der Waals surface area contributed by atoms with E-state index < -0.39 is 0 Å². The molecule has 1 heterocycles. The Morgan fingerprint density at radius 2 is 1.57 bits per heavy atom. The second-order valence-electron chi connectivity index (χ2n) is 11.1. The van der Waals surface area contributed by atoms with E-state index in [-0.39, 0.29) is 0 Å². The molecule has 1 unspecified atom stereocenters. The lowest BCUT2D eigenvalue weighted by atomic mass is 9.75. The molecule has 2 saturated carbocycles. The summed E-state index contributed by atoms with van der Waals surface area (Å²) in [7, 11) is 0. The maximum Gasteiger partial charge on any atom is 0.0941 e. The van der Waals surface area contributed by atoms with Crippen LogP contribution in [0.1, 0.15) is 139 Å². The Bertz CT molecular complexity index is 642. The van der Waals surface area contributed by atoms with Crippen molar-refractivity contribution in [2.75, 3.05) is 19.6 Å². The molecule has 0 bridgehead atoms. The fourth-order valence-electron chi connectivity index (χ4n) is 5.36. The van der Waals surface area contributed by atoms with Gasteiger partial charge < -0.3 is 10.2 Å². The summed E-state index contributed by atoms with van der Waals surface area (Å²) in [6, 6.07) is 0. The molecule has 1 aliphatic heterocycles. The molecule has 2 heteroatoms. The minimum Gasteiger partial charge on any atom is -0.372 e. The zero-order chi connectivity index (χ0) is 28.1. The third kappa shape index (κ3) is 13.8. The van der Waals surface area contributed by atoms with E-state index in [0.717, 1.165) is 43.7 Å². The van der Waals surface area contributed by atoms with Gasteiger partial charge in [-0.15, -0.1) is 0 Å². The normalized spacial score (nSPS) is 25.0. The Morgan fingerprint density at radius 1 is 0.973 bits per heavy atom. The summed E-state index contributed by atoms with van der Waals surface area (Å²) in [5.41, 5.74) is 3.65. The van der Waals surface area contributed by atoms with Gasteiger partial charge in [0, 0.05) is 19.6 Å². The summed E-state index contributed by atoms with van der Waals surface area (Å²) in [6.07, 6.45) is 24.0. The van der Waals surface area contributed by atoms with Crippen LogP contribution in [-0.4, -0.2) is 24.5 Å². The van der Waals surface area contributed by atoms with Crippen molar-refractivity contribution < 1.29 is 0 Å². The Morgan fingerprint density at radius 3 is 2.05 bits per heavy atom. The van der Waals surface area contributed by atoms with Crippen molar-refractivity contribution in [1.82, 2.24) is 10.2 Å². The van der Waals surface area contributed by atoms with Gasteiger partial charge in [0.05, 0.1) is 5.82 Å². The molecule has 0 aromatic carbocycles. The van der Waals surface area contributed by atoms with Crippen molar-refractivity contribution in [3.63, 3.8) is 0 Å². The summed E-state index contributed by atoms with van der Waals surface area (Å²) in [6.45, 7) is 29.0. The molecule has 0 aromatic rings. The van der Waals surface area contributed by atoms with Gasteiger partial charge in [0.2, 0.25) is 0 Å². The molecular weight excluding hydrogens is 448 g/mol. The predicted molar refractivity (Wildman–Crippen MR) is 170 cm³/mol. The van der Waals surface area contributed by atoms with Gasteiger partial charge >= 0.3 is 0 Å². The van der Waals surface area contributed by atoms with Crippen LogP contribution in [0.4, 0.5) is 0 Å². The number of hydrogen-bond acceptors (Lipinski definition) is 2. The molecule has 216 valence electrons. The summed E-state index contributed by atoms with van der Waals surface area (Å²) >= 11 is 0. The van der Waals surface area contributed by atoms with Gasteiger partial charge in [-0.25, -0.2) is 0 Å². The molecule has 37 heavy (non-hydrogen) atoms. The molecule has 1 atom stereocenters. The number of hydrogen-bond donors (Lipinski definition) is 1. The number of unbranched alkanes of at least 4 members (excludes halogenated alkanes) is 4. The SMILES string of the molecule is C=C(CC)C1CCC2(CC1)CC2CNC(=C)N1CC/C(=C\C=C/C)C1.CC.CCCC.CCCCCC. The summed E-state index contributed by atoms with van der Waals surface area (Å²) < 4.78 is 0. The molecule has 3 rings (SSSR count). The number of nitrogens with one attached hydrogen (secondary N) is 1. The molecule has 1 saturated heterocycles. The topological polar surface area (TPSA) is 15.3 Å². The van der Waals surface area contributed by atoms with E-state index >= 15 is 0 Å². The van der Waals surface area contributed by atoms with Crippen LogP contribution in [0.3, 0.4) is 0 Å². The lowest BCUT2D eigenvalue weighted by molar-refractivity contribution is 0.256. The molecule has 0 amide bonds. The smallest absolute Gasteiger partial charge is 0.0941 e. The van der Waals surface area contributed by atoms with Gasteiger partial charge in [-0.05, 0) is 74.7 Å². The van der Waals surface area contributed by atoms with Crippen LogP contribution in [0.2, 0.25) is 0 Å². The molecule has 0 radical (unpaired) electrons. The molecule has 2 nitrogen and oxygen atoms in total. The van der Waals surface area contributed by atoms with E-state index in [2.05, 4.69) is 83.1 Å². The first-order valence-corrected chi connectivity index (χ1v) is 16.1. The van der Waals surface area contributed by atoms with E-state index in [4.69, 9.17) is 0 Å². The first-order valence-electron chi connectivity index (χ1n) is 16.1. The van der Waals surface area contributed by atoms with E-state index in [1.54, 1.807) is 0 Å². The van der Waals surface area contributed by atoms with Crippen molar-refractivity contribution in [2.45, 2.75) is 139 Å². The zero-order valence-corrected chi connectivity index (χ0v) is 26.6. The van der Waals surface area contributed by atoms with Crippen molar-refractivity contribution in [3.8, 4) is 0 Å². The van der Waals surface area contributed by atoms with Gasteiger partial charge in [0.25, 0.3) is 0 Å². The van der Waals surface area contributed by atoms with E-state index in [1.165, 1.54) is 88.2 Å². The number of rotatable bonds is 11. The van der Waals surface area contributed by atoms with Crippen molar-refractivity contribution in [2.24, 2.45) is 17.3 Å². The molecule has 3 fully saturated rings. The van der Waals surface area contributed by atoms with Gasteiger partial charge in [0.15, 0.2) is 0 Å². The lowest BCUT2D eigenvalue weighted by Crippen LogP contribution is -2.31. The predicted octanol–water partition coefficient (Wildman–Crippen LogP) is 10.8. The number of likely N-dealkylation sites (tertiary alicyclic amines) is 1.